The summed E-state index contributed by atoms with van der Waals surface area (Å²) in [4.78, 5) is 11.7. The molecule has 0 aliphatic rings. The van der Waals surface area contributed by atoms with Gasteiger partial charge in [-0.3, -0.25) is 0 Å². The highest BCUT2D eigenvalue weighted by molar-refractivity contribution is 5.89. The summed E-state index contributed by atoms with van der Waals surface area (Å²) in [6, 6.07) is 21.2. The van der Waals surface area contributed by atoms with E-state index in [1.54, 1.807) is 24.3 Å². The summed E-state index contributed by atoms with van der Waals surface area (Å²) in [5.41, 5.74) is 1.56. The van der Waals surface area contributed by atoms with Crippen LogP contribution in [0.15, 0.2) is 66.7 Å². The van der Waals surface area contributed by atoms with Crippen LogP contribution < -0.4 is 4.74 Å². The fourth-order valence-corrected chi connectivity index (χ4v) is 2.46. The second-order valence-corrected chi connectivity index (χ2v) is 5.23. The van der Waals surface area contributed by atoms with Crippen molar-refractivity contribution < 1.29 is 14.3 Å². The van der Waals surface area contributed by atoms with Crippen molar-refractivity contribution in [1.82, 2.24) is 0 Å². The summed E-state index contributed by atoms with van der Waals surface area (Å²) in [6.07, 6.45) is 5.07. The average Bonchev–Trinajstić information content (AvgIpc) is 2.64. The van der Waals surface area contributed by atoms with E-state index in [0.717, 1.165) is 5.56 Å². The lowest BCUT2D eigenvalue weighted by molar-refractivity contribution is 0.0556. The molecule has 0 atom stereocenters. The number of ether oxygens (including phenoxy) is 2. The summed E-state index contributed by atoms with van der Waals surface area (Å²) in [7, 11) is 0. The predicted molar refractivity (Wildman–Crippen MR) is 93.8 cm³/mol. The molecule has 0 aliphatic heterocycles. The maximum absolute atomic E-state index is 11.7. The van der Waals surface area contributed by atoms with Gasteiger partial charge in [0.05, 0.1) is 5.56 Å². The first-order chi connectivity index (χ1) is 11.8. The van der Waals surface area contributed by atoms with Crippen molar-refractivity contribution >= 4 is 16.7 Å². The van der Waals surface area contributed by atoms with Crippen molar-refractivity contribution in [3.05, 3.63) is 77.9 Å². The van der Waals surface area contributed by atoms with E-state index in [9.17, 15) is 4.79 Å². The van der Waals surface area contributed by atoms with Gasteiger partial charge in [-0.1, -0.05) is 48.4 Å². The zero-order valence-electron chi connectivity index (χ0n) is 13.1. The largest absolute Gasteiger partial charge is 0.489 e. The minimum atomic E-state index is -0.437. The van der Waals surface area contributed by atoms with Crippen LogP contribution in [0.25, 0.3) is 10.8 Å². The molecule has 0 spiro atoms. The van der Waals surface area contributed by atoms with Crippen molar-refractivity contribution in [3.8, 4) is 18.1 Å². The van der Waals surface area contributed by atoms with Gasteiger partial charge in [-0.15, -0.1) is 6.42 Å². The maximum Gasteiger partial charge on any atom is 0.339 e. The van der Waals surface area contributed by atoms with E-state index < -0.39 is 5.97 Å². The molecule has 3 aromatic rings. The quantitative estimate of drug-likeness (QED) is 0.522. The van der Waals surface area contributed by atoms with Crippen LogP contribution >= 0.6 is 0 Å². The molecule has 0 N–H and O–H groups in total. The van der Waals surface area contributed by atoms with E-state index in [1.165, 1.54) is 10.8 Å². The highest BCUT2D eigenvalue weighted by atomic mass is 16.5. The number of esters is 1. The third kappa shape index (κ3) is 3.56. The Kier molecular flexibility index (Phi) is 4.78. The van der Waals surface area contributed by atoms with E-state index in [4.69, 9.17) is 15.9 Å². The number of carbonyl (C=O) groups is 1. The van der Waals surface area contributed by atoms with Crippen LogP contribution in [0.2, 0.25) is 0 Å². The van der Waals surface area contributed by atoms with Crippen LogP contribution in [-0.2, 0) is 11.3 Å². The van der Waals surface area contributed by atoms with E-state index in [0.29, 0.717) is 17.9 Å². The molecule has 0 fully saturated rings. The number of hydrogen-bond donors (Lipinski definition) is 0. The van der Waals surface area contributed by atoms with Crippen LogP contribution in [-0.4, -0.2) is 12.6 Å². The minimum Gasteiger partial charge on any atom is -0.489 e. The molecular weight excluding hydrogens is 300 g/mol. The Morgan fingerprint density at radius 1 is 0.958 bits per heavy atom. The van der Waals surface area contributed by atoms with Gasteiger partial charge in [0.1, 0.15) is 12.4 Å². The van der Waals surface area contributed by atoms with Crippen molar-refractivity contribution in [3.63, 3.8) is 0 Å². The summed E-state index contributed by atoms with van der Waals surface area (Å²) < 4.78 is 10.7. The van der Waals surface area contributed by atoms with Gasteiger partial charge in [-0.25, -0.2) is 4.79 Å². The monoisotopic (exact) mass is 316 g/mol. The molecule has 0 heterocycles. The van der Waals surface area contributed by atoms with Crippen LogP contribution in [0.3, 0.4) is 0 Å². The average molecular weight is 316 g/mol. The SMILES string of the molecule is C#CCOC(=O)c1ccc(OCc2cccc3ccccc23)cc1. The van der Waals surface area contributed by atoms with Gasteiger partial charge in [-0.2, -0.15) is 0 Å². The zero-order chi connectivity index (χ0) is 16.8. The standard InChI is InChI=1S/C21H16O3/c1-2-14-23-21(22)17-10-12-19(13-11-17)24-15-18-8-5-7-16-6-3-4-9-20(16)18/h1,3-13H,14-15H2. The Morgan fingerprint density at radius 3 is 2.50 bits per heavy atom. The van der Waals surface area contributed by atoms with Gasteiger partial charge in [-0.05, 0) is 40.6 Å². The molecule has 3 aromatic carbocycles. The van der Waals surface area contributed by atoms with E-state index >= 15 is 0 Å². The Hall–Kier alpha value is -3.25. The van der Waals surface area contributed by atoms with Crippen molar-refractivity contribution in [2.45, 2.75) is 6.61 Å². The molecule has 0 radical (unpaired) electrons. The first-order valence-corrected chi connectivity index (χ1v) is 7.58. The van der Waals surface area contributed by atoms with Crippen molar-refractivity contribution in [1.29, 1.82) is 0 Å². The first kappa shape index (κ1) is 15.6. The summed E-state index contributed by atoms with van der Waals surface area (Å²) in [5, 5.41) is 2.36. The number of carbonyl (C=O) groups excluding carboxylic acids is 1. The molecule has 118 valence electrons. The number of fused-ring (bicyclic) bond motifs is 1. The molecule has 3 rings (SSSR count). The summed E-state index contributed by atoms with van der Waals surface area (Å²) in [6.45, 7) is 0.431. The molecule has 0 aliphatic carbocycles. The molecule has 3 nitrogen and oxygen atoms in total. The number of hydrogen-bond acceptors (Lipinski definition) is 3. The maximum atomic E-state index is 11.7. The van der Waals surface area contributed by atoms with Crippen LogP contribution in [0.5, 0.6) is 5.75 Å². The second kappa shape index (κ2) is 7.34. The second-order valence-electron chi connectivity index (χ2n) is 5.23. The fourth-order valence-electron chi connectivity index (χ4n) is 2.46. The number of terminal acetylenes is 1. The summed E-state index contributed by atoms with van der Waals surface area (Å²) in [5.74, 6) is 2.52. The molecule has 0 bridgehead atoms. The van der Waals surface area contributed by atoms with Gasteiger partial charge < -0.3 is 9.47 Å². The number of rotatable bonds is 5. The molecule has 0 saturated carbocycles. The van der Waals surface area contributed by atoms with E-state index in [2.05, 4.69) is 24.1 Å². The molecule has 3 heteroatoms. The highest BCUT2D eigenvalue weighted by Gasteiger charge is 2.07. The lowest BCUT2D eigenvalue weighted by atomic mass is 10.1. The zero-order valence-corrected chi connectivity index (χ0v) is 13.1. The summed E-state index contributed by atoms with van der Waals surface area (Å²) >= 11 is 0. The van der Waals surface area contributed by atoms with Gasteiger partial charge in [0.15, 0.2) is 6.61 Å². The van der Waals surface area contributed by atoms with Crippen molar-refractivity contribution in [2.75, 3.05) is 6.61 Å². The topological polar surface area (TPSA) is 35.5 Å². The Labute approximate surface area is 140 Å². The Morgan fingerprint density at radius 2 is 1.71 bits per heavy atom. The van der Waals surface area contributed by atoms with Gasteiger partial charge in [0.25, 0.3) is 0 Å². The Bertz CT molecular complexity index is 884. The van der Waals surface area contributed by atoms with Crippen LogP contribution in [0.4, 0.5) is 0 Å². The molecule has 24 heavy (non-hydrogen) atoms. The van der Waals surface area contributed by atoms with E-state index in [1.807, 2.05) is 24.3 Å². The minimum absolute atomic E-state index is 0.0296. The van der Waals surface area contributed by atoms with Gasteiger partial charge in [0, 0.05) is 0 Å². The van der Waals surface area contributed by atoms with Gasteiger partial charge >= 0.3 is 5.97 Å². The Balaban J connectivity index is 1.68. The molecular formula is C21H16O3. The number of benzene rings is 3. The predicted octanol–water partition coefficient (Wildman–Crippen LogP) is 4.21. The molecule has 0 amide bonds. The lowest BCUT2D eigenvalue weighted by Gasteiger charge is -2.09. The molecule has 0 saturated heterocycles. The van der Waals surface area contributed by atoms with Crippen LogP contribution in [0.1, 0.15) is 15.9 Å². The molecule has 0 aromatic heterocycles. The normalized spacial score (nSPS) is 10.1. The third-order valence-electron chi connectivity index (χ3n) is 3.65. The highest BCUT2D eigenvalue weighted by Crippen LogP contribution is 2.21. The first-order valence-electron chi connectivity index (χ1n) is 7.58. The smallest absolute Gasteiger partial charge is 0.339 e. The van der Waals surface area contributed by atoms with E-state index in [-0.39, 0.29) is 6.61 Å². The van der Waals surface area contributed by atoms with Crippen molar-refractivity contribution in [2.24, 2.45) is 0 Å². The van der Waals surface area contributed by atoms with Crippen LogP contribution in [0, 0.1) is 12.3 Å². The van der Waals surface area contributed by atoms with Gasteiger partial charge in [0.2, 0.25) is 0 Å². The third-order valence-corrected chi connectivity index (χ3v) is 3.65. The lowest BCUT2D eigenvalue weighted by Crippen LogP contribution is -2.05. The fraction of sp³-hybridized carbons (Fsp3) is 0.0952. The molecule has 0 unspecified atom stereocenters.